The highest BCUT2D eigenvalue weighted by molar-refractivity contribution is 6.19. The minimum Gasteiger partial charge on any atom is -0.342 e. The molecule has 0 fully saturated rings. The van der Waals surface area contributed by atoms with Crippen molar-refractivity contribution in [1.82, 2.24) is 10.3 Å². The summed E-state index contributed by atoms with van der Waals surface area (Å²) in [7, 11) is 0. The number of hydrogen-bond acceptors (Lipinski definition) is 2. The highest BCUT2D eigenvalue weighted by Gasteiger charge is 2.28. The fourth-order valence-electron chi connectivity index (χ4n) is 1.85. The number of amides is 1. The topological polar surface area (TPSA) is 42.0 Å². The molecule has 0 aliphatic rings. The Hall–Kier alpha value is -1.94. The maximum Gasteiger partial charge on any atom is 0.253 e. The van der Waals surface area contributed by atoms with Crippen molar-refractivity contribution in [1.29, 1.82) is 0 Å². The molecule has 1 unspecified atom stereocenters. The van der Waals surface area contributed by atoms with Crippen LogP contribution < -0.4 is 5.32 Å². The van der Waals surface area contributed by atoms with Gasteiger partial charge in [-0.2, -0.15) is 0 Å². The molecule has 1 aromatic carbocycles. The lowest BCUT2D eigenvalue weighted by Gasteiger charge is -2.29. The van der Waals surface area contributed by atoms with Gasteiger partial charge in [0.15, 0.2) is 0 Å². The number of rotatable bonds is 4. The van der Waals surface area contributed by atoms with Gasteiger partial charge in [0.2, 0.25) is 0 Å². The Morgan fingerprint density at radius 3 is 2.65 bits per heavy atom. The van der Waals surface area contributed by atoms with E-state index in [-0.39, 0.29) is 11.4 Å². The van der Waals surface area contributed by atoms with Gasteiger partial charge in [-0.25, -0.2) is 4.39 Å². The maximum absolute atomic E-state index is 13.1. The van der Waals surface area contributed by atoms with E-state index < -0.39 is 17.3 Å². The zero-order valence-electron chi connectivity index (χ0n) is 10.9. The molecule has 1 aromatic heterocycles. The lowest BCUT2D eigenvalue weighted by Crippen LogP contribution is -2.45. The third-order valence-corrected chi connectivity index (χ3v) is 3.57. The van der Waals surface area contributed by atoms with E-state index in [1.807, 2.05) is 37.3 Å². The Bertz CT molecular complexity index is 606. The first-order valence-electron chi connectivity index (χ1n) is 6.10. The van der Waals surface area contributed by atoms with Gasteiger partial charge in [0.25, 0.3) is 5.91 Å². The molecule has 5 heteroatoms. The van der Waals surface area contributed by atoms with Crippen molar-refractivity contribution in [3.8, 4) is 0 Å². The van der Waals surface area contributed by atoms with E-state index in [2.05, 4.69) is 10.3 Å². The van der Waals surface area contributed by atoms with E-state index in [1.54, 1.807) is 0 Å². The summed E-state index contributed by atoms with van der Waals surface area (Å²) < 4.78 is 13.1. The Balaban J connectivity index is 2.24. The molecule has 0 aliphatic carbocycles. The fraction of sp³-hybridized carbons (Fsp3) is 0.200. The molecule has 1 heterocycles. The van der Waals surface area contributed by atoms with Gasteiger partial charge in [0.1, 0.15) is 5.82 Å². The van der Waals surface area contributed by atoms with E-state index in [0.29, 0.717) is 0 Å². The molecule has 0 bridgehead atoms. The van der Waals surface area contributed by atoms with Crippen molar-refractivity contribution < 1.29 is 9.18 Å². The number of nitrogens with zero attached hydrogens (tertiary/aromatic N) is 1. The van der Waals surface area contributed by atoms with E-state index in [9.17, 15) is 9.18 Å². The second-order valence-corrected chi connectivity index (χ2v) is 4.94. The lowest BCUT2D eigenvalue weighted by molar-refractivity contribution is 0.0912. The Morgan fingerprint density at radius 2 is 2.05 bits per heavy atom. The summed E-state index contributed by atoms with van der Waals surface area (Å²) in [5.41, 5.74) is 0.316. The molecule has 2 rings (SSSR count). The predicted molar refractivity (Wildman–Crippen MR) is 76.2 cm³/mol. The first-order chi connectivity index (χ1) is 9.55. The second-order valence-electron chi connectivity index (χ2n) is 4.68. The summed E-state index contributed by atoms with van der Waals surface area (Å²) in [5, 5.41) is 2.83. The quantitative estimate of drug-likeness (QED) is 0.880. The van der Waals surface area contributed by atoms with Gasteiger partial charge in [-0.1, -0.05) is 30.3 Å². The Morgan fingerprint density at radius 1 is 1.35 bits per heavy atom. The molecular formula is C15H14ClFN2O. The van der Waals surface area contributed by atoms with Crippen LogP contribution in [0.2, 0.25) is 0 Å². The number of carbonyl (C=O) groups is 1. The molecule has 3 nitrogen and oxygen atoms in total. The summed E-state index contributed by atoms with van der Waals surface area (Å²) in [6.07, 6.45) is 2.37. The zero-order chi connectivity index (χ0) is 14.6. The zero-order valence-corrected chi connectivity index (χ0v) is 11.7. The van der Waals surface area contributed by atoms with Crippen LogP contribution in [0.25, 0.3) is 0 Å². The molecule has 1 N–H and O–H groups in total. The van der Waals surface area contributed by atoms with E-state index in [1.165, 1.54) is 6.20 Å². The van der Waals surface area contributed by atoms with Crippen LogP contribution in [-0.4, -0.2) is 16.8 Å². The molecule has 0 saturated heterocycles. The van der Waals surface area contributed by atoms with Crippen LogP contribution in [-0.2, 0) is 5.54 Å². The largest absolute Gasteiger partial charge is 0.342 e. The van der Waals surface area contributed by atoms with Crippen molar-refractivity contribution in [3.63, 3.8) is 0 Å². The number of benzene rings is 1. The second kappa shape index (κ2) is 6.01. The average molecular weight is 293 g/mol. The van der Waals surface area contributed by atoms with Crippen LogP contribution in [0, 0.1) is 5.82 Å². The molecule has 20 heavy (non-hydrogen) atoms. The van der Waals surface area contributed by atoms with Crippen LogP contribution in [0.5, 0.6) is 0 Å². The molecule has 104 valence electrons. The van der Waals surface area contributed by atoms with Crippen molar-refractivity contribution in [3.05, 3.63) is 65.7 Å². The SMILES string of the molecule is CC(CCl)(NC(=O)c1cncc(F)c1)c1ccccc1. The van der Waals surface area contributed by atoms with Gasteiger partial charge < -0.3 is 5.32 Å². The molecule has 0 spiro atoms. The van der Waals surface area contributed by atoms with E-state index in [4.69, 9.17) is 11.6 Å². The highest BCUT2D eigenvalue weighted by atomic mass is 35.5. The Labute approximate surface area is 121 Å². The summed E-state index contributed by atoms with van der Waals surface area (Å²) in [5.74, 6) is -0.764. The normalized spacial score (nSPS) is 13.6. The van der Waals surface area contributed by atoms with Crippen LogP contribution in [0.4, 0.5) is 4.39 Å². The minimum atomic E-state index is -0.730. The van der Waals surface area contributed by atoms with Crippen LogP contribution in [0.15, 0.2) is 48.8 Å². The van der Waals surface area contributed by atoms with E-state index in [0.717, 1.165) is 17.8 Å². The summed E-state index contributed by atoms with van der Waals surface area (Å²) >= 11 is 6.00. The number of nitrogens with one attached hydrogen (secondary N) is 1. The summed E-state index contributed by atoms with van der Waals surface area (Å²) in [6, 6.07) is 10.5. The number of carbonyl (C=O) groups excluding carboxylic acids is 1. The number of hydrogen-bond donors (Lipinski definition) is 1. The molecular weight excluding hydrogens is 279 g/mol. The predicted octanol–water partition coefficient (Wildman–Crippen LogP) is 3.10. The van der Waals surface area contributed by atoms with Gasteiger partial charge in [0, 0.05) is 12.1 Å². The summed E-state index contributed by atoms with van der Waals surface area (Å²) in [6.45, 7) is 1.82. The van der Waals surface area contributed by atoms with Crippen LogP contribution in [0.1, 0.15) is 22.8 Å². The average Bonchev–Trinajstić information content (AvgIpc) is 2.48. The van der Waals surface area contributed by atoms with Gasteiger partial charge >= 0.3 is 0 Å². The van der Waals surface area contributed by atoms with Crippen LogP contribution >= 0.6 is 11.6 Å². The smallest absolute Gasteiger partial charge is 0.253 e. The molecule has 0 aliphatic heterocycles. The minimum absolute atomic E-state index is 0.164. The number of aromatic nitrogens is 1. The van der Waals surface area contributed by atoms with Crippen molar-refractivity contribution in [2.45, 2.75) is 12.5 Å². The van der Waals surface area contributed by atoms with Gasteiger partial charge in [0.05, 0.1) is 17.3 Å². The van der Waals surface area contributed by atoms with E-state index >= 15 is 0 Å². The van der Waals surface area contributed by atoms with Gasteiger partial charge in [-0.05, 0) is 18.6 Å². The monoisotopic (exact) mass is 292 g/mol. The van der Waals surface area contributed by atoms with Crippen molar-refractivity contribution >= 4 is 17.5 Å². The molecule has 1 amide bonds. The standard InChI is InChI=1S/C15H14ClFN2O/c1-15(10-16,12-5-3-2-4-6-12)19-14(20)11-7-13(17)9-18-8-11/h2-9H,10H2,1H3,(H,19,20). The number of alkyl halides is 1. The summed E-state index contributed by atoms with van der Waals surface area (Å²) in [4.78, 5) is 15.8. The molecule has 2 aromatic rings. The highest BCUT2D eigenvalue weighted by Crippen LogP contribution is 2.22. The Kier molecular flexibility index (Phi) is 4.35. The first-order valence-corrected chi connectivity index (χ1v) is 6.63. The molecule has 1 atom stereocenters. The van der Waals surface area contributed by atoms with Crippen molar-refractivity contribution in [2.24, 2.45) is 0 Å². The molecule has 0 saturated carbocycles. The van der Waals surface area contributed by atoms with Gasteiger partial charge in [-0.3, -0.25) is 9.78 Å². The number of halogens is 2. The third kappa shape index (κ3) is 3.14. The number of pyridine rings is 1. The van der Waals surface area contributed by atoms with Crippen LogP contribution in [0.3, 0.4) is 0 Å². The third-order valence-electron chi connectivity index (χ3n) is 3.03. The first kappa shape index (κ1) is 14.5. The fourth-order valence-corrected chi connectivity index (χ4v) is 2.07. The van der Waals surface area contributed by atoms with Gasteiger partial charge in [-0.15, -0.1) is 11.6 Å². The molecule has 0 radical (unpaired) electrons. The van der Waals surface area contributed by atoms with Crippen molar-refractivity contribution in [2.75, 3.05) is 5.88 Å². The maximum atomic E-state index is 13.1. The lowest BCUT2D eigenvalue weighted by atomic mass is 9.93.